The second-order valence-corrected chi connectivity index (χ2v) is 51.8. The lowest BCUT2D eigenvalue weighted by Gasteiger charge is -2.28. The number of hydrogen-bond donors (Lipinski definition) is 1. The van der Waals surface area contributed by atoms with Crippen molar-refractivity contribution < 1.29 is 13.5 Å². The van der Waals surface area contributed by atoms with Crippen LogP contribution in [0.3, 0.4) is 0 Å². The highest BCUT2D eigenvalue weighted by atomic mass is 35.5. The Morgan fingerprint density at radius 2 is 0.740 bits per heavy atom. The molecule has 14 rings (SSSR count). The van der Waals surface area contributed by atoms with E-state index < -0.39 is 0 Å². The van der Waals surface area contributed by atoms with Crippen LogP contribution in [0.15, 0.2) is 196 Å². The quantitative estimate of drug-likeness (QED) is 0.165. The minimum absolute atomic E-state index is 0.0588. The topological polar surface area (TPSA) is 176 Å². The predicted molar refractivity (Wildman–Crippen MR) is 622 cm³/mol. The molecule has 2 fully saturated rings. The molecule has 0 amide bonds. The van der Waals surface area contributed by atoms with Crippen molar-refractivity contribution in [1.29, 1.82) is 0 Å². The molecule has 14 heterocycles. The lowest BCUT2D eigenvalue weighted by molar-refractivity contribution is 0.0841. The second kappa shape index (κ2) is 58.3. The van der Waals surface area contributed by atoms with Crippen LogP contribution in [0.4, 0.5) is 8.78 Å². The van der Waals surface area contributed by atoms with Gasteiger partial charge in [-0.3, -0.25) is 24.9 Å². The molecular weight excluding hydrogens is 1960 g/mol. The van der Waals surface area contributed by atoms with Crippen molar-refractivity contribution in [3.05, 3.63) is 350 Å². The Bertz CT molecular complexity index is 5640. The summed E-state index contributed by atoms with van der Waals surface area (Å²) in [5.41, 5.74) is 23.0. The minimum Gasteiger partial charge on any atom is -0.381 e. The zero-order chi connectivity index (χ0) is 112. The standard InChI is InChI=1S/C14H21NO.C13H19ClN2.C11H17N.3C10H14ClN.C10H15N.2C9H11ClFN.C9H12ClN.2C9H13N/c1-14(2,3)12-5-4-8-15-13(12)11-6-9-16-10-7-11;1-13(2,3)11-10(5-7-16-12(11)14)9-4-6-15-8-9;1-5-10-9(11(2,3)4)7-6-8-12-10;1-7-5-8(10(2,3)4)9(11)12-6-7;1-7-5-6-12-9(11)8(7)10(2,3)4;1-7-5-6-8(9(11)12-7)10(2,3)4;1-8-9(10(2,3)4)6-5-7-11-8;1-9(2,3)7-4-6(11)5-12-8(7)10;1-9(2,3)7-6(11)4-5-12-8(7)10;1-9(2,3)7-5-4-6-11-8(7)10;1-9(2,3)8-4-6-10-7-5-8;1-9(2,3)8-5-4-6-10-7-8/h4-5,8,11H,6-7,9-10H2,1-3H3;5,7,9,15H,4,6,8H2,1-3H3;6-8H,5H2,1-4H3;3*5-6H,1-4H3;5-7H,1-4H3;2*4-5H,1-3H3;4-6H,1-3H3;2*4-7H,1-3H3. The smallest absolute Gasteiger partial charge is 0.141 e. The summed E-state index contributed by atoms with van der Waals surface area (Å²) >= 11 is 41.7. The summed E-state index contributed by atoms with van der Waals surface area (Å²) in [4.78, 5) is 49.4. The van der Waals surface area contributed by atoms with Crippen molar-refractivity contribution in [2.45, 2.75) is 386 Å². The van der Waals surface area contributed by atoms with Crippen LogP contribution in [-0.2, 0) is 76.1 Å². The first kappa shape index (κ1) is 132. The Kier molecular flexibility index (Phi) is 52.6. The number of nitrogens with one attached hydrogen (secondary N) is 1. The third-order valence-electron chi connectivity index (χ3n) is 23.6. The largest absolute Gasteiger partial charge is 0.381 e. The van der Waals surface area contributed by atoms with Gasteiger partial charge in [-0.15, -0.1) is 0 Å². The van der Waals surface area contributed by atoms with Crippen LogP contribution < -0.4 is 5.32 Å². The second-order valence-electron chi connectivity index (χ2n) is 49.3. The molecular formula is C123H174Cl7F2N13O. The average molecular weight is 2140 g/mol. The molecule has 0 bridgehead atoms. The summed E-state index contributed by atoms with van der Waals surface area (Å²) in [6.45, 7) is 91.1. The van der Waals surface area contributed by atoms with E-state index in [9.17, 15) is 8.78 Å². The molecule has 0 aromatic carbocycles. The van der Waals surface area contributed by atoms with Crippen LogP contribution in [0.5, 0.6) is 0 Å². The van der Waals surface area contributed by atoms with E-state index in [4.69, 9.17) is 85.9 Å². The molecule has 0 spiro atoms. The summed E-state index contributed by atoms with van der Waals surface area (Å²) in [6, 6.07) is 37.7. The first-order valence-electron chi connectivity index (χ1n) is 50.6. The Labute approximate surface area is 915 Å². The molecule has 0 saturated carbocycles. The highest BCUT2D eigenvalue weighted by molar-refractivity contribution is 6.32. The lowest BCUT2D eigenvalue weighted by atomic mass is 9.81. The summed E-state index contributed by atoms with van der Waals surface area (Å²) in [6.07, 6.45) is 27.0. The first-order chi connectivity index (χ1) is 67.0. The van der Waals surface area contributed by atoms with E-state index in [1.807, 2.05) is 153 Å². The molecule has 2 aliphatic heterocycles. The number of nitrogens with zero attached hydrogens (tertiary/aromatic N) is 12. The number of ether oxygens (including phenoxy) is 1. The maximum absolute atomic E-state index is 13.2. The van der Waals surface area contributed by atoms with E-state index in [0.29, 0.717) is 48.3 Å². The zero-order valence-electron chi connectivity index (χ0n) is 96.0. The average Bonchev–Trinajstić information content (AvgIpc) is 1.59. The van der Waals surface area contributed by atoms with E-state index in [1.165, 1.54) is 80.6 Å². The summed E-state index contributed by atoms with van der Waals surface area (Å²) in [5, 5.41) is 7.18. The van der Waals surface area contributed by atoms with Crippen LogP contribution in [0.2, 0.25) is 36.1 Å². The van der Waals surface area contributed by atoms with Crippen LogP contribution in [0, 0.1) is 39.3 Å². The van der Waals surface area contributed by atoms with Crippen LogP contribution in [0.25, 0.3) is 0 Å². The number of hydrogen-bond acceptors (Lipinski definition) is 14. The van der Waals surface area contributed by atoms with Crippen molar-refractivity contribution in [3.8, 4) is 0 Å². The lowest BCUT2D eigenvalue weighted by Crippen LogP contribution is -2.21. The number of aryl methyl sites for hydroxylation is 5. The molecule has 12 aromatic heterocycles. The highest BCUT2D eigenvalue weighted by Crippen LogP contribution is 2.41. The van der Waals surface area contributed by atoms with Gasteiger partial charge in [-0.05, 0) is 282 Å². The van der Waals surface area contributed by atoms with E-state index in [0.717, 1.165) is 96.5 Å². The molecule has 23 heteroatoms. The van der Waals surface area contributed by atoms with Crippen molar-refractivity contribution in [2.24, 2.45) is 0 Å². The van der Waals surface area contributed by atoms with Crippen LogP contribution >= 0.6 is 81.2 Å². The van der Waals surface area contributed by atoms with E-state index in [-0.39, 0.29) is 81.8 Å². The molecule has 0 radical (unpaired) electrons. The van der Waals surface area contributed by atoms with Gasteiger partial charge in [-0.1, -0.05) is 380 Å². The van der Waals surface area contributed by atoms with Crippen LogP contribution in [-0.4, -0.2) is 86.1 Å². The van der Waals surface area contributed by atoms with Gasteiger partial charge >= 0.3 is 0 Å². The Morgan fingerprint density at radius 3 is 1.12 bits per heavy atom. The van der Waals surface area contributed by atoms with Gasteiger partial charge in [-0.2, -0.15) is 0 Å². The van der Waals surface area contributed by atoms with Gasteiger partial charge in [-0.25, -0.2) is 43.7 Å². The minimum atomic E-state index is -0.343. The van der Waals surface area contributed by atoms with Gasteiger partial charge in [0.2, 0.25) is 0 Å². The number of halogens is 9. The Hall–Kier alpha value is -8.39. The highest BCUT2D eigenvalue weighted by Gasteiger charge is 2.31. The van der Waals surface area contributed by atoms with Gasteiger partial charge in [0.15, 0.2) is 0 Å². The monoisotopic (exact) mass is 2130 g/mol. The number of aromatic nitrogens is 12. The molecule has 14 nitrogen and oxygen atoms in total. The Morgan fingerprint density at radius 1 is 0.322 bits per heavy atom. The fourth-order valence-electron chi connectivity index (χ4n) is 15.7. The van der Waals surface area contributed by atoms with Gasteiger partial charge in [0, 0.05) is 128 Å². The number of rotatable bonds is 3. The number of pyridine rings is 12. The first-order valence-corrected chi connectivity index (χ1v) is 53.3. The van der Waals surface area contributed by atoms with E-state index >= 15 is 0 Å². The maximum Gasteiger partial charge on any atom is 0.141 e. The van der Waals surface area contributed by atoms with Gasteiger partial charge in [0.05, 0.1) is 6.20 Å². The van der Waals surface area contributed by atoms with Crippen molar-refractivity contribution >= 4 is 81.2 Å². The molecule has 800 valence electrons. The molecule has 0 aliphatic carbocycles. The molecule has 1 atom stereocenters. The van der Waals surface area contributed by atoms with Crippen LogP contribution in [0.1, 0.15) is 394 Å². The summed E-state index contributed by atoms with van der Waals surface area (Å²) in [7, 11) is 0. The fraction of sp³-hybridized carbons (Fsp3) is 0.512. The van der Waals surface area contributed by atoms with Gasteiger partial charge in [0.25, 0.3) is 0 Å². The SMILES string of the molecule is CC(C)(C)c1c(C2CCNC2)ccnc1Cl.CC(C)(C)c1c(F)ccnc1Cl.CC(C)(C)c1cc(F)cnc1Cl.CC(C)(C)c1cccnc1.CC(C)(C)c1cccnc1C1CCOCC1.CC(C)(C)c1cccnc1Cl.CC(C)(C)c1ccncc1.CCc1ncccc1C(C)(C)C.Cc1ccc(C(C)(C)C)c(Cl)n1.Cc1ccnc(Cl)c1C(C)(C)C.Cc1cnc(Cl)c(C(C)(C)C)c1.Cc1ncccc1C(C)(C)C. The summed E-state index contributed by atoms with van der Waals surface area (Å²) < 4.78 is 31.4. The Balaban J connectivity index is 0.000000410. The third kappa shape index (κ3) is 46.6. The molecule has 1 N–H and O–H groups in total. The van der Waals surface area contributed by atoms with Crippen molar-refractivity contribution in [3.63, 3.8) is 0 Å². The summed E-state index contributed by atoms with van der Waals surface area (Å²) in [5.74, 6) is 0.547. The molecule has 2 saturated heterocycles. The van der Waals surface area contributed by atoms with E-state index in [2.05, 4.69) is 342 Å². The van der Waals surface area contributed by atoms with E-state index in [1.54, 1.807) is 24.8 Å². The zero-order valence-corrected chi connectivity index (χ0v) is 101. The fourth-order valence-corrected chi connectivity index (χ4v) is 18.7. The maximum atomic E-state index is 13.2. The molecule has 1 unspecified atom stereocenters. The predicted octanol–water partition coefficient (Wildman–Crippen LogP) is 36.2. The van der Waals surface area contributed by atoms with Crippen molar-refractivity contribution in [1.82, 2.24) is 65.1 Å². The molecule has 146 heavy (non-hydrogen) atoms. The molecule has 2 aliphatic rings. The van der Waals surface area contributed by atoms with Gasteiger partial charge in [0.1, 0.15) is 47.7 Å². The normalized spacial score (nSPS) is 13.5. The van der Waals surface area contributed by atoms with Gasteiger partial charge < -0.3 is 10.1 Å². The van der Waals surface area contributed by atoms with Crippen molar-refractivity contribution in [2.75, 3.05) is 26.3 Å². The third-order valence-corrected chi connectivity index (χ3v) is 25.6. The molecule has 12 aromatic rings.